The number of rotatable bonds is 4. The minimum absolute atomic E-state index is 0.120. The fourth-order valence-electron chi connectivity index (χ4n) is 1.71. The van der Waals surface area contributed by atoms with Crippen molar-refractivity contribution in [3.63, 3.8) is 0 Å². The van der Waals surface area contributed by atoms with Gasteiger partial charge in [-0.25, -0.2) is 4.79 Å². The van der Waals surface area contributed by atoms with Gasteiger partial charge >= 0.3 is 5.97 Å². The van der Waals surface area contributed by atoms with E-state index in [0.29, 0.717) is 17.7 Å². The van der Waals surface area contributed by atoms with Crippen LogP contribution >= 0.6 is 11.6 Å². The number of anilines is 1. The molecular formula is C13H13ClN2O2. The molecule has 4 nitrogen and oxygen atoms in total. The molecule has 1 aliphatic rings. The van der Waals surface area contributed by atoms with Gasteiger partial charge in [0.2, 0.25) is 0 Å². The Morgan fingerprint density at radius 1 is 1.56 bits per heavy atom. The molecule has 1 aliphatic carbocycles. The lowest BCUT2D eigenvalue weighted by atomic mass is 10.1. The fourth-order valence-corrected chi connectivity index (χ4v) is 1.98. The number of hydrogen-bond donors (Lipinski definition) is 1. The first-order valence-electron chi connectivity index (χ1n) is 5.65. The summed E-state index contributed by atoms with van der Waals surface area (Å²) in [5.41, 5.74) is 6.23. The average molecular weight is 265 g/mol. The van der Waals surface area contributed by atoms with E-state index in [1.54, 1.807) is 12.1 Å². The Kier molecular flexibility index (Phi) is 3.44. The topological polar surface area (TPSA) is 76.1 Å². The second-order valence-corrected chi connectivity index (χ2v) is 5.06. The molecule has 1 aromatic carbocycles. The normalized spacial score (nSPS) is 15.8. The summed E-state index contributed by atoms with van der Waals surface area (Å²) in [4.78, 5) is 11.8. The van der Waals surface area contributed by atoms with Crippen LogP contribution in [0.25, 0.3) is 0 Å². The van der Waals surface area contributed by atoms with Crippen LogP contribution in [0.5, 0.6) is 0 Å². The third kappa shape index (κ3) is 2.74. The number of carbonyl (C=O) groups excluding carboxylic acids is 1. The van der Waals surface area contributed by atoms with Crippen molar-refractivity contribution in [3.8, 4) is 6.07 Å². The number of nitriles is 1. The van der Waals surface area contributed by atoms with E-state index in [-0.39, 0.29) is 17.0 Å². The first kappa shape index (κ1) is 12.7. The van der Waals surface area contributed by atoms with E-state index in [4.69, 9.17) is 27.3 Å². The molecule has 1 fully saturated rings. The zero-order valence-electron chi connectivity index (χ0n) is 9.78. The monoisotopic (exact) mass is 264 g/mol. The van der Waals surface area contributed by atoms with Gasteiger partial charge in [-0.15, -0.1) is 0 Å². The highest BCUT2D eigenvalue weighted by molar-refractivity contribution is 6.33. The van der Waals surface area contributed by atoms with E-state index in [9.17, 15) is 4.79 Å². The number of nitrogens with zero attached hydrogens (tertiary/aromatic N) is 1. The first-order valence-corrected chi connectivity index (χ1v) is 6.03. The van der Waals surface area contributed by atoms with Crippen molar-refractivity contribution in [2.75, 3.05) is 12.3 Å². The standard InChI is InChI=1S/C13H13ClN2O2/c14-11-7-9(16)1-2-10(11)12(17)18-8-13(3-4-13)5-6-15/h1-2,7H,3-5,8,16H2. The highest BCUT2D eigenvalue weighted by Gasteiger charge is 2.43. The number of nitrogen functional groups attached to an aromatic ring is 1. The van der Waals surface area contributed by atoms with Crippen LogP contribution in [0.15, 0.2) is 18.2 Å². The van der Waals surface area contributed by atoms with Crippen LogP contribution < -0.4 is 5.73 Å². The zero-order chi connectivity index (χ0) is 13.2. The number of ether oxygens (including phenoxy) is 1. The number of carbonyl (C=O) groups is 1. The Labute approximate surface area is 110 Å². The quantitative estimate of drug-likeness (QED) is 0.670. The van der Waals surface area contributed by atoms with Crippen LogP contribution in [0.2, 0.25) is 5.02 Å². The number of benzene rings is 1. The van der Waals surface area contributed by atoms with Crippen LogP contribution in [0, 0.1) is 16.7 Å². The molecule has 1 saturated carbocycles. The van der Waals surface area contributed by atoms with Crippen LogP contribution in [0.3, 0.4) is 0 Å². The van der Waals surface area contributed by atoms with Gasteiger partial charge in [-0.1, -0.05) is 11.6 Å². The predicted molar refractivity (Wildman–Crippen MR) is 68.0 cm³/mol. The Hall–Kier alpha value is -1.73. The van der Waals surface area contributed by atoms with E-state index in [1.165, 1.54) is 6.07 Å². The largest absolute Gasteiger partial charge is 0.461 e. The molecule has 94 valence electrons. The summed E-state index contributed by atoms with van der Waals surface area (Å²) in [6, 6.07) is 6.78. The molecule has 2 N–H and O–H groups in total. The molecule has 0 aliphatic heterocycles. The Balaban J connectivity index is 1.98. The molecule has 0 bridgehead atoms. The smallest absolute Gasteiger partial charge is 0.339 e. The summed E-state index contributed by atoms with van der Waals surface area (Å²) in [7, 11) is 0. The molecule has 18 heavy (non-hydrogen) atoms. The molecule has 1 aromatic rings. The lowest BCUT2D eigenvalue weighted by molar-refractivity contribution is 0.0419. The van der Waals surface area contributed by atoms with Crippen molar-refractivity contribution in [3.05, 3.63) is 28.8 Å². The van der Waals surface area contributed by atoms with Crippen molar-refractivity contribution in [1.29, 1.82) is 5.26 Å². The zero-order valence-corrected chi connectivity index (χ0v) is 10.5. The third-order valence-electron chi connectivity index (χ3n) is 3.13. The molecular weight excluding hydrogens is 252 g/mol. The maximum Gasteiger partial charge on any atom is 0.339 e. The van der Waals surface area contributed by atoms with Gasteiger partial charge in [-0.2, -0.15) is 5.26 Å². The minimum Gasteiger partial charge on any atom is -0.461 e. The lowest BCUT2D eigenvalue weighted by Gasteiger charge is -2.12. The second kappa shape index (κ2) is 4.87. The summed E-state index contributed by atoms with van der Waals surface area (Å²) in [6.07, 6.45) is 2.29. The highest BCUT2D eigenvalue weighted by Crippen LogP contribution is 2.48. The minimum atomic E-state index is -0.468. The molecule has 2 rings (SSSR count). The van der Waals surface area contributed by atoms with Crippen LogP contribution in [-0.4, -0.2) is 12.6 Å². The van der Waals surface area contributed by atoms with Crippen LogP contribution in [0.4, 0.5) is 5.69 Å². The fraction of sp³-hybridized carbons (Fsp3) is 0.385. The van der Waals surface area contributed by atoms with E-state index < -0.39 is 5.97 Å². The van der Waals surface area contributed by atoms with E-state index in [2.05, 4.69) is 6.07 Å². The lowest BCUT2D eigenvalue weighted by Crippen LogP contribution is -2.15. The summed E-state index contributed by atoms with van der Waals surface area (Å²) in [5.74, 6) is -0.468. The Morgan fingerprint density at radius 3 is 2.83 bits per heavy atom. The first-order chi connectivity index (χ1) is 8.56. The number of halogens is 1. The molecule has 0 aromatic heterocycles. The van der Waals surface area contributed by atoms with Crippen LogP contribution in [0.1, 0.15) is 29.6 Å². The van der Waals surface area contributed by atoms with Gasteiger partial charge in [0.25, 0.3) is 0 Å². The van der Waals surface area contributed by atoms with Crippen molar-refractivity contribution >= 4 is 23.3 Å². The van der Waals surface area contributed by atoms with Crippen molar-refractivity contribution in [2.45, 2.75) is 19.3 Å². The van der Waals surface area contributed by atoms with Gasteiger partial charge < -0.3 is 10.5 Å². The molecule has 0 spiro atoms. The predicted octanol–water partition coefficient (Wildman–Crippen LogP) is 2.77. The SMILES string of the molecule is N#CCC1(COC(=O)c2ccc(N)cc2Cl)CC1. The van der Waals surface area contributed by atoms with E-state index in [0.717, 1.165) is 12.8 Å². The van der Waals surface area contributed by atoms with Gasteiger partial charge in [-0.3, -0.25) is 0 Å². The van der Waals surface area contributed by atoms with Crippen LogP contribution in [-0.2, 0) is 4.74 Å². The van der Waals surface area contributed by atoms with Gasteiger partial charge in [0.15, 0.2) is 0 Å². The molecule has 0 saturated heterocycles. The summed E-state index contributed by atoms with van der Waals surface area (Å²) in [5, 5.41) is 8.96. The summed E-state index contributed by atoms with van der Waals surface area (Å²) in [6.45, 7) is 0.278. The number of esters is 1. The van der Waals surface area contributed by atoms with Crippen molar-refractivity contribution in [2.24, 2.45) is 5.41 Å². The van der Waals surface area contributed by atoms with E-state index in [1.807, 2.05) is 0 Å². The molecule has 0 atom stereocenters. The van der Waals surface area contributed by atoms with Gasteiger partial charge in [0.1, 0.15) is 0 Å². The second-order valence-electron chi connectivity index (χ2n) is 4.65. The van der Waals surface area contributed by atoms with Gasteiger partial charge in [-0.05, 0) is 31.0 Å². The van der Waals surface area contributed by atoms with Crippen molar-refractivity contribution < 1.29 is 9.53 Å². The molecule has 5 heteroatoms. The number of nitrogens with two attached hydrogens (primary N) is 1. The maximum absolute atomic E-state index is 11.8. The van der Waals surface area contributed by atoms with E-state index >= 15 is 0 Å². The number of hydrogen-bond acceptors (Lipinski definition) is 4. The molecule has 0 radical (unpaired) electrons. The molecule has 0 amide bonds. The third-order valence-corrected chi connectivity index (χ3v) is 3.45. The van der Waals surface area contributed by atoms with Crippen molar-refractivity contribution in [1.82, 2.24) is 0 Å². The molecule has 0 heterocycles. The Bertz CT molecular complexity index is 518. The molecule has 0 unspecified atom stereocenters. The average Bonchev–Trinajstić information content (AvgIpc) is 3.07. The highest BCUT2D eigenvalue weighted by atomic mass is 35.5. The summed E-state index contributed by atoms with van der Waals surface area (Å²) >= 11 is 5.92. The van der Waals surface area contributed by atoms with Gasteiger partial charge in [0.05, 0.1) is 23.3 Å². The Morgan fingerprint density at radius 2 is 2.28 bits per heavy atom. The maximum atomic E-state index is 11.8. The van der Waals surface area contributed by atoms with Gasteiger partial charge in [0, 0.05) is 17.5 Å². The summed E-state index contributed by atoms with van der Waals surface area (Å²) < 4.78 is 5.21.